The van der Waals surface area contributed by atoms with Crippen molar-refractivity contribution in [2.45, 2.75) is 12.0 Å². The average Bonchev–Trinajstić information content (AvgIpc) is 3.07. The van der Waals surface area contributed by atoms with Crippen molar-refractivity contribution in [3.05, 3.63) is 70.7 Å². The maximum absolute atomic E-state index is 13.6. The minimum atomic E-state index is -3.91. The quantitative estimate of drug-likeness (QED) is 0.686. The molecular formula is C20H24ClN3O4S2. The van der Waals surface area contributed by atoms with Gasteiger partial charge in [0.05, 0.1) is 17.5 Å². The molecule has 0 aliphatic carbocycles. The lowest BCUT2D eigenvalue weighted by molar-refractivity contribution is 0.113. The van der Waals surface area contributed by atoms with Crippen molar-refractivity contribution < 1.29 is 16.8 Å². The molecule has 10 heteroatoms. The predicted octanol–water partition coefficient (Wildman–Crippen LogP) is 2.30. The van der Waals surface area contributed by atoms with Gasteiger partial charge in [-0.25, -0.2) is 13.4 Å². The first-order chi connectivity index (χ1) is 14.2. The first-order valence-corrected chi connectivity index (χ1v) is 13.3. The Bertz CT molecular complexity index is 1090. The summed E-state index contributed by atoms with van der Waals surface area (Å²) in [4.78, 5) is 0. The highest BCUT2D eigenvalue weighted by atomic mass is 35.5. The third kappa shape index (κ3) is 4.15. The van der Waals surface area contributed by atoms with Crippen molar-refractivity contribution in [2.24, 2.45) is 0 Å². The van der Waals surface area contributed by atoms with E-state index < -0.39 is 26.1 Å². The molecule has 2 saturated heterocycles. The average molecular weight is 470 g/mol. The molecule has 0 aromatic heterocycles. The second kappa shape index (κ2) is 8.22. The van der Waals surface area contributed by atoms with Gasteiger partial charge in [0.2, 0.25) is 0 Å². The Morgan fingerprint density at radius 1 is 0.933 bits per heavy atom. The molecule has 4 rings (SSSR count). The maximum atomic E-state index is 13.6. The van der Waals surface area contributed by atoms with Crippen molar-refractivity contribution >= 4 is 31.6 Å². The van der Waals surface area contributed by atoms with E-state index in [1.165, 1.54) is 8.72 Å². The lowest BCUT2D eigenvalue weighted by Gasteiger charge is -2.36. The molecule has 7 nitrogen and oxygen atoms in total. The molecule has 162 valence electrons. The Balaban J connectivity index is 1.75. The first kappa shape index (κ1) is 21.7. The van der Waals surface area contributed by atoms with Gasteiger partial charge in [0, 0.05) is 37.6 Å². The van der Waals surface area contributed by atoms with E-state index in [4.69, 9.17) is 11.6 Å². The zero-order valence-electron chi connectivity index (χ0n) is 16.6. The Morgan fingerprint density at radius 3 is 2.13 bits per heavy atom. The Kier molecular flexibility index (Phi) is 5.95. The fourth-order valence-corrected chi connectivity index (χ4v) is 7.62. The van der Waals surface area contributed by atoms with Crippen LogP contribution in [0.15, 0.2) is 54.6 Å². The molecule has 0 saturated carbocycles. The van der Waals surface area contributed by atoms with Crippen LogP contribution in [0.5, 0.6) is 0 Å². The molecule has 0 radical (unpaired) electrons. The second-order valence-electron chi connectivity index (χ2n) is 7.68. The number of rotatable bonds is 4. The maximum Gasteiger partial charge on any atom is 0.295 e. The van der Waals surface area contributed by atoms with E-state index in [1.54, 1.807) is 24.2 Å². The van der Waals surface area contributed by atoms with Gasteiger partial charge in [-0.05, 0) is 23.3 Å². The SMILES string of the molecule is CN1CC(c2ccccc2)C(c2ccc(Cl)cc2)N1S(=O)(=O)N1CCS(=O)(=O)CC1. The zero-order chi connectivity index (χ0) is 21.5. The predicted molar refractivity (Wildman–Crippen MR) is 117 cm³/mol. The van der Waals surface area contributed by atoms with Crippen LogP contribution in [0.2, 0.25) is 5.02 Å². The summed E-state index contributed by atoms with van der Waals surface area (Å²) < 4.78 is 53.6. The van der Waals surface area contributed by atoms with E-state index in [2.05, 4.69) is 0 Å². The highest BCUT2D eigenvalue weighted by molar-refractivity contribution is 7.91. The van der Waals surface area contributed by atoms with E-state index in [1.807, 2.05) is 42.5 Å². The van der Waals surface area contributed by atoms with Crippen LogP contribution in [0.1, 0.15) is 23.1 Å². The summed E-state index contributed by atoms with van der Waals surface area (Å²) in [7, 11) is -5.35. The van der Waals surface area contributed by atoms with Gasteiger partial charge in [-0.2, -0.15) is 12.7 Å². The largest absolute Gasteiger partial charge is 0.295 e. The number of halogens is 1. The molecule has 0 amide bonds. The van der Waals surface area contributed by atoms with Gasteiger partial charge < -0.3 is 0 Å². The molecule has 2 fully saturated rings. The monoisotopic (exact) mass is 469 g/mol. The zero-order valence-corrected chi connectivity index (χ0v) is 18.9. The van der Waals surface area contributed by atoms with E-state index >= 15 is 0 Å². The fourth-order valence-electron chi connectivity index (χ4n) is 4.20. The van der Waals surface area contributed by atoms with Crippen LogP contribution < -0.4 is 0 Å². The van der Waals surface area contributed by atoms with Crippen LogP contribution in [0, 0.1) is 0 Å². The molecule has 2 heterocycles. The molecule has 2 atom stereocenters. The summed E-state index contributed by atoms with van der Waals surface area (Å²) in [5.41, 5.74) is 1.88. The topological polar surface area (TPSA) is 78.0 Å². The summed E-state index contributed by atoms with van der Waals surface area (Å²) in [6, 6.07) is 16.6. The Labute approximate surface area is 182 Å². The van der Waals surface area contributed by atoms with Gasteiger partial charge in [0.1, 0.15) is 0 Å². The van der Waals surface area contributed by atoms with E-state index in [0.717, 1.165) is 11.1 Å². The molecule has 2 aromatic carbocycles. The minimum Gasteiger partial charge on any atom is -0.229 e. The van der Waals surface area contributed by atoms with Gasteiger partial charge >= 0.3 is 0 Å². The molecule has 30 heavy (non-hydrogen) atoms. The number of hydrogen-bond donors (Lipinski definition) is 0. The molecule has 0 N–H and O–H groups in total. The van der Waals surface area contributed by atoms with Crippen LogP contribution in [0.25, 0.3) is 0 Å². The highest BCUT2D eigenvalue weighted by Gasteiger charge is 2.48. The van der Waals surface area contributed by atoms with Crippen molar-refractivity contribution in [3.8, 4) is 0 Å². The number of hydrazine groups is 1. The molecule has 2 unspecified atom stereocenters. The fraction of sp³-hybridized carbons (Fsp3) is 0.400. The van der Waals surface area contributed by atoms with E-state index in [-0.39, 0.29) is 30.5 Å². The molecular weight excluding hydrogens is 446 g/mol. The van der Waals surface area contributed by atoms with Crippen LogP contribution in [-0.4, -0.2) is 68.8 Å². The molecule has 0 spiro atoms. The van der Waals surface area contributed by atoms with Gasteiger partial charge in [-0.15, -0.1) is 4.41 Å². The summed E-state index contributed by atoms with van der Waals surface area (Å²) in [5, 5.41) is 2.30. The van der Waals surface area contributed by atoms with Crippen LogP contribution in [0.3, 0.4) is 0 Å². The van der Waals surface area contributed by atoms with Gasteiger partial charge in [-0.1, -0.05) is 54.1 Å². The highest BCUT2D eigenvalue weighted by Crippen LogP contribution is 2.44. The number of sulfone groups is 1. The lowest BCUT2D eigenvalue weighted by Crippen LogP contribution is -2.53. The van der Waals surface area contributed by atoms with Crippen molar-refractivity contribution in [3.63, 3.8) is 0 Å². The van der Waals surface area contributed by atoms with Gasteiger partial charge in [-0.3, -0.25) is 0 Å². The Hall–Kier alpha value is -1.49. The molecule has 0 bridgehead atoms. The molecule has 2 aromatic rings. The smallest absolute Gasteiger partial charge is 0.229 e. The van der Waals surface area contributed by atoms with Crippen molar-refractivity contribution in [2.75, 3.05) is 38.2 Å². The molecule has 2 aliphatic rings. The summed E-state index contributed by atoms with van der Waals surface area (Å²) in [5.74, 6) is -0.393. The van der Waals surface area contributed by atoms with Gasteiger partial charge in [0.15, 0.2) is 9.84 Å². The lowest BCUT2D eigenvalue weighted by atomic mass is 9.89. The van der Waals surface area contributed by atoms with Crippen molar-refractivity contribution in [1.82, 2.24) is 13.7 Å². The summed E-state index contributed by atoms with van der Waals surface area (Å²) in [6.45, 7) is 0.458. The third-order valence-electron chi connectivity index (χ3n) is 5.72. The summed E-state index contributed by atoms with van der Waals surface area (Å²) >= 11 is 6.07. The third-order valence-corrected chi connectivity index (χ3v) is 9.58. The van der Waals surface area contributed by atoms with Crippen LogP contribution in [0.4, 0.5) is 0 Å². The standard InChI is InChI=1S/C20H24ClN3O4S2/c1-22-15-19(16-5-3-2-4-6-16)20(17-7-9-18(21)10-8-17)24(22)30(27,28)23-11-13-29(25,26)14-12-23/h2-10,19-20H,11-15H2,1H3. The normalized spacial score (nSPS) is 26.1. The Morgan fingerprint density at radius 2 is 1.53 bits per heavy atom. The van der Waals surface area contributed by atoms with Gasteiger partial charge in [0.25, 0.3) is 10.2 Å². The molecule has 2 aliphatic heterocycles. The number of hydrogen-bond acceptors (Lipinski definition) is 5. The van der Waals surface area contributed by atoms with E-state index in [0.29, 0.717) is 11.6 Å². The van der Waals surface area contributed by atoms with Crippen molar-refractivity contribution in [1.29, 1.82) is 0 Å². The second-order valence-corrected chi connectivity index (χ2v) is 12.2. The number of nitrogens with zero attached hydrogens (tertiary/aromatic N) is 3. The summed E-state index contributed by atoms with van der Waals surface area (Å²) in [6.07, 6.45) is 0. The number of likely N-dealkylation sites (N-methyl/N-ethyl adjacent to an activating group) is 1. The van der Waals surface area contributed by atoms with Crippen LogP contribution in [-0.2, 0) is 20.0 Å². The minimum absolute atomic E-state index is 0.0294. The van der Waals surface area contributed by atoms with Crippen LogP contribution >= 0.6 is 11.6 Å². The first-order valence-electron chi connectivity index (χ1n) is 9.70. The van der Waals surface area contributed by atoms with E-state index in [9.17, 15) is 16.8 Å². The number of benzene rings is 2.